The minimum Gasteiger partial charge on any atom is -0.485 e. The smallest absolute Gasteiger partial charge is 0.351 e. The molecule has 0 bridgehead atoms. The van der Waals surface area contributed by atoms with E-state index in [1.54, 1.807) is 27.9 Å². The van der Waals surface area contributed by atoms with Gasteiger partial charge in [0.15, 0.2) is 16.5 Å². The van der Waals surface area contributed by atoms with E-state index < -0.39 is 12.1 Å². The van der Waals surface area contributed by atoms with Crippen molar-refractivity contribution in [2.24, 2.45) is 0 Å². The van der Waals surface area contributed by atoms with Crippen LogP contribution in [0.25, 0.3) is 4.96 Å². The third-order valence-electron chi connectivity index (χ3n) is 4.95. The zero-order valence-corrected chi connectivity index (χ0v) is 15.9. The predicted octanol–water partition coefficient (Wildman–Crippen LogP) is 2.52. The van der Waals surface area contributed by atoms with Crippen LogP contribution in [-0.2, 0) is 29.0 Å². The quantitative estimate of drug-likeness (QED) is 0.631. The Labute approximate surface area is 164 Å². The van der Waals surface area contributed by atoms with Crippen LogP contribution >= 0.6 is 11.3 Å². The van der Waals surface area contributed by atoms with Crippen molar-refractivity contribution in [3.63, 3.8) is 0 Å². The number of hydrogen-bond acceptors (Lipinski definition) is 7. The third-order valence-corrected chi connectivity index (χ3v) is 6.09. The molecule has 5 rings (SSSR count). The van der Waals surface area contributed by atoms with E-state index in [0.717, 1.165) is 31.4 Å². The molecule has 7 nitrogen and oxygen atoms in total. The lowest BCUT2D eigenvalue weighted by Crippen LogP contribution is -2.37. The van der Waals surface area contributed by atoms with Crippen molar-refractivity contribution in [2.75, 3.05) is 6.61 Å². The fourth-order valence-electron chi connectivity index (χ4n) is 3.59. The van der Waals surface area contributed by atoms with Gasteiger partial charge in [-0.15, -0.1) is 11.3 Å². The minimum atomic E-state index is -0.839. The number of carbonyl (C=O) groups excluding carboxylic acids is 1. The summed E-state index contributed by atoms with van der Waals surface area (Å²) >= 11 is 1.55. The lowest BCUT2D eigenvalue weighted by Gasteiger charge is -2.24. The van der Waals surface area contributed by atoms with Gasteiger partial charge in [0.1, 0.15) is 13.2 Å². The maximum Gasteiger partial charge on any atom is 0.351 e. The van der Waals surface area contributed by atoms with Crippen LogP contribution < -0.4 is 15.0 Å². The molecule has 8 heteroatoms. The molecule has 0 unspecified atom stereocenters. The van der Waals surface area contributed by atoms with Crippen LogP contribution in [0.15, 0.2) is 35.1 Å². The molecule has 0 saturated carbocycles. The van der Waals surface area contributed by atoms with Gasteiger partial charge in [0.25, 0.3) is 5.56 Å². The van der Waals surface area contributed by atoms with Gasteiger partial charge in [0, 0.05) is 16.6 Å². The van der Waals surface area contributed by atoms with E-state index in [1.807, 2.05) is 12.1 Å². The Morgan fingerprint density at radius 3 is 2.96 bits per heavy atom. The number of aryl methyl sites for hydroxylation is 2. The van der Waals surface area contributed by atoms with Crippen molar-refractivity contribution in [1.82, 2.24) is 9.38 Å². The first-order chi connectivity index (χ1) is 13.7. The van der Waals surface area contributed by atoms with E-state index in [1.165, 1.54) is 10.9 Å². The number of aromatic nitrogens is 2. The second-order valence-corrected chi connectivity index (χ2v) is 7.92. The van der Waals surface area contributed by atoms with E-state index in [0.29, 0.717) is 22.2 Å². The Balaban J connectivity index is 1.31. The van der Waals surface area contributed by atoms with Gasteiger partial charge in [-0.2, -0.15) is 0 Å². The first kappa shape index (κ1) is 17.2. The highest BCUT2D eigenvalue weighted by Gasteiger charge is 2.29. The van der Waals surface area contributed by atoms with E-state index in [4.69, 9.17) is 14.2 Å². The molecular weight excluding hydrogens is 380 g/mol. The summed E-state index contributed by atoms with van der Waals surface area (Å²) in [7, 11) is 0. The van der Waals surface area contributed by atoms with Crippen molar-refractivity contribution >= 4 is 22.3 Å². The predicted molar refractivity (Wildman–Crippen MR) is 102 cm³/mol. The monoisotopic (exact) mass is 398 g/mol. The molecule has 0 fully saturated rings. The van der Waals surface area contributed by atoms with Gasteiger partial charge in [0.05, 0.1) is 5.69 Å². The summed E-state index contributed by atoms with van der Waals surface area (Å²) in [5.41, 5.74) is 1.40. The molecule has 144 valence electrons. The zero-order valence-electron chi connectivity index (χ0n) is 15.1. The number of nitrogens with zero attached hydrogens (tertiary/aromatic N) is 2. The van der Waals surface area contributed by atoms with Gasteiger partial charge in [-0.3, -0.25) is 9.20 Å². The van der Waals surface area contributed by atoms with Crippen LogP contribution in [0, 0.1) is 0 Å². The number of para-hydroxylation sites is 2. The highest BCUT2D eigenvalue weighted by Crippen LogP contribution is 2.31. The molecule has 1 aliphatic carbocycles. The van der Waals surface area contributed by atoms with Crippen molar-refractivity contribution < 1.29 is 19.0 Å². The Bertz CT molecular complexity index is 1120. The Kier molecular flexibility index (Phi) is 4.27. The zero-order chi connectivity index (χ0) is 19.1. The van der Waals surface area contributed by atoms with E-state index in [-0.39, 0.29) is 18.8 Å². The molecule has 3 heterocycles. The summed E-state index contributed by atoms with van der Waals surface area (Å²) < 4.78 is 18.2. The molecule has 2 aliphatic rings. The SMILES string of the molecule is O=C(OCc1cc(=O)n2c3c(sc2n1)CCCC3)[C@@H]1COc2ccccc2O1. The van der Waals surface area contributed by atoms with Crippen LogP contribution in [0.2, 0.25) is 0 Å². The summed E-state index contributed by atoms with van der Waals surface area (Å²) in [6, 6.07) is 8.61. The fourth-order valence-corrected chi connectivity index (χ4v) is 4.82. The second-order valence-electron chi connectivity index (χ2n) is 6.85. The van der Waals surface area contributed by atoms with Crippen LogP contribution in [0.3, 0.4) is 0 Å². The molecule has 0 amide bonds. The molecule has 1 aromatic carbocycles. The number of hydrogen-bond donors (Lipinski definition) is 0. The third kappa shape index (κ3) is 3.03. The van der Waals surface area contributed by atoms with E-state index in [2.05, 4.69) is 4.98 Å². The molecule has 1 atom stereocenters. The van der Waals surface area contributed by atoms with Gasteiger partial charge < -0.3 is 14.2 Å². The van der Waals surface area contributed by atoms with Crippen molar-refractivity contribution in [2.45, 2.75) is 38.4 Å². The molecule has 0 N–H and O–H groups in total. The molecule has 0 radical (unpaired) electrons. The standard InChI is InChI=1S/C20H18N2O5S/c23-18-9-12(21-20-22(18)13-5-1-4-8-17(13)28-20)10-26-19(24)16-11-25-14-6-2-3-7-15(14)27-16/h2-3,6-7,9,16H,1,4-5,8,10-11H2/t16-/m0/s1. The molecule has 28 heavy (non-hydrogen) atoms. The molecule has 1 aliphatic heterocycles. The van der Waals surface area contributed by atoms with Crippen molar-refractivity contribution in [3.05, 3.63) is 57.0 Å². The van der Waals surface area contributed by atoms with Gasteiger partial charge >= 0.3 is 5.97 Å². The normalized spacial score (nSPS) is 17.9. The molecule has 3 aromatic rings. The van der Waals surface area contributed by atoms with Crippen molar-refractivity contribution in [3.8, 4) is 11.5 Å². The minimum absolute atomic E-state index is 0.0748. The summed E-state index contributed by atoms with van der Waals surface area (Å²) in [6.07, 6.45) is 3.30. The van der Waals surface area contributed by atoms with E-state index >= 15 is 0 Å². The highest BCUT2D eigenvalue weighted by atomic mass is 32.1. The number of carbonyl (C=O) groups is 1. The van der Waals surface area contributed by atoms with Crippen LogP contribution in [0.1, 0.15) is 29.1 Å². The average molecular weight is 398 g/mol. The van der Waals surface area contributed by atoms with Crippen LogP contribution in [-0.4, -0.2) is 28.1 Å². The van der Waals surface area contributed by atoms with Crippen LogP contribution in [0.5, 0.6) is 11.5 Å². The summed E-state index contributed by atoms with van der Waals surface area (Å²) in [4.78, 5) is 31.3. The Morgan fingerprint density at radius 2 is 2.07 bits per heavy atom. The molecule has 0 saturated heterocycles. The average Bonchev–Trinajstić information content (AvgIpc) is 3.10. The Morgan fingerprint density at radius 1 is 1.25 bits per heavy atom. The number of benzene rings is 1. The summed E-state index contributed by atoms with van der Waals surface area (Å²) in [5, 5.41) is 0. The van der Waals surface area contributed by atoms with Crippen LogP contribution in [0.4, 0.5) is 0 Å². The first-order valence-electron chi connectivity index (χ1n) is 9.27. The topological polar surface area (TPSA) is 79.1 Å². The maximum atomic E-state index is 12.6. The molecule has 0 spiro atoms. The van der Waals surface area contributed by atoms with Gasteiger partial charge in [-0.05, 0) is 37.8 Å². The lowest BCUT2D eigenvalue weighted by molar-refractivity contribution is -0.156. The number of ether oxygens (including phenoxy) is 3. The summed E-state index contributed by atoms with van der Waals surface area (Å²) in [6.45, 7) is 0.0112. The lowest BCUT2D eigenvalue weighted by atomic mass is 10.0. The Hall–Kier alpha value is -2.87. The highest BCUT2D eigenvalue weighted by molar-refractivity contribution is 7.17. The number of fused-ring (bicyclic) bond motifs is 4. The van der Waals surface area contributed by atoms with Gasteiger partial charge in [-0.25, -0.2) is 9.78 Å². The maximum absolute atomic E-state index is 12.6. The summed E-state index contributed by atoms with van der Waals surface area (Å²) in [5.74, 6) is 0.577. The fraction of sp³-hybridized carbons (Fsp3) is 0.350. The number of thiazole rings is 1. The van der Waals surface area contributed by atoms with Gasteiger partial charge in [0.2, 0.25) is 6.10 Å². The van der Waals surface area contributed by atoms with E-state index in [9.17, 15) is 9.59 Å². The number of esters is 1. The molecule has 2 aromatic heterocycles. The van der Waals surface area contributed by atoms with Gasteiger partial charge in [-0.1, -0.05) is 12.1 Å². The first-order valence-corrected chi connectivity index (χ1v) is 10.1. The van der Waals surface area contributed by atoms with Crippen molar-refractivity contribution in [1.29, 1.82) is 0 Å². The second kappa shape index (κ2) is 6.94. The number of rotatable bonds is 3. The largest absolute Gasteiger partial charge is 0.485 e. The molecular formula is C20H18N2O5S.